The predicted molar refractivity (Wildman–Crippen MR) is 129 cm³/mol. The van der Waals surface area contributed by atoms with Gasteiger partial charge in [0.15, 0.2) is 11.0 Å². The van der Waals surface area contributed by atoms with Crippen molar-refractivity contribution in [2.24, 2.45) is 0 Å². The molecule has 4 rings (SSSR count). The van der Waals surface area contributed by atoms with Gasteiger partial charge in [-0.3, -0.25) is 10.1 Å². The van der Waals surface area contributed by atoms with Crippen molar-refractivity contribution < 1.29 is 27.6 Å². The van der Waals surface area contributed by atoms with Crippen LogP contribution in [0, 0.1) is 17.0 Å². The summed E-state index contributed by atoms with van der Waals surface area (Å²) in [6.45, 7) is 2.95. The van der Waals surface area contributed by atoms with Crippen LogP contribution >= 0.6 is 0 Å². The van der Waals surface area contributed by atoms with Crippen molar-refractivity contribution in [3.05, 3.63) is 101 Å². The van der Waals surface area contributed by atoms with E-state index in [-0.39, 0.29) is 27.1 Å². The van der Waals surface area contributed by atoms with Crippen LogP contribution in [0.5, 0.6) is 11.6 Å². The number of sulfone groups is 1. The van der Waals surface area contributed by atoms with Gasteiger partial charge in [-0.1, -0.05) is 36.4 Å². The third kappa shape index (κ3) is 4.96. The van der Waals surface area contributed by atoms with Crippen LogP contribution in [0.1, 0.15) is 12.6 Å². The molecule has 0 aliphatic rings. The molecule has 1 aromatic heterocycles. The van der Waals surface area contributed by atoms with Crippen molar-refractivity contribution in [1.82, 2.24) is 9.78 Å². The van der Waals surface area contributed by atoms with Crippen molar-refractivity contribution in [2.75, 3.05) is 0 Å². The lowest BCUT2D eigenvalue weighted by Gasteiger charge is -2.15. The van der Waals surface area contributed by atoms with E-state index in [1.165, 1.54) is 18.5 Å². The molecule has 0 saturated carbocycles. The van der Waals surface area contributed by atoms with Gasteiger partial charge in [0.25, 0.3) is 5.69 Å². The predicted octanol–water partition coefficient (Wildman–Crippen LogP) is 4.29. The van der Waals surface area contributed by atoms with Crippen molar-refractivity contribution in [3.63, 3.8) is 0 Å². The molecule has 0 spiro atoms. The maximum Gasteiger partial charge on any atom is 0.353 e. The summed E-state index contributed by atoms with van der Waals surface area (Å²) in [7, 11) is -4.28. The fraction of sp³-hybridized carbons (Fsp3) is 0.120. The lowest BCUT2D eigenvalue weighted by Crippen LogP contribution is -2.29. The van der Waals surface area contributed by atoms with E-state index in [2.05, 4.69) is 5.10 Å². The largest absolute Gasteiger partial charge is 0.479 e. The minimum atomic E-state index is -4.28. The van der Waals surface area contributed by atoms with E-state index in [1.807, 2.05) is 0 Å². The second-order valence-electron chi connectivity index (χ2n) is 7.72. The third-order valence-electron chi connectivity index (χ3n) is 5.18. The first kappa shape index (κ1) is 24.6. The van der Waals surface area contributed by atoms with Crippen molar-refractivity contribution >= 4 is 21.5 Å². The topological polar surface area (TPSA) is 131 Å². The van der Waals surface area contributed by atoms with E-state index in [0.717, 1.165) is 24.3 Å². The molecule has 0 radical (unpaired) electrons. The van der Waals surface area contributed by atoms with Crippen LogP contribution in [0.2, 0.25) is 0 Å². The van der Waals surface area contributed by atoms with Gasteiger partial charge in [0.2, 0.25) is 15.7 Å². The highest BCUT2D eigenvalue weighted by Crippen LogP contribution is 2.35. The van der Waals surface area contributed by atoms with E-state index < -0.39 is 26.8 Å². The number of benzene rings is 3. The zero-order valence-corrected chi connectivity index (χ0v) is 20.1. The number of aromatic nitrogens is 2. The monoisotopic (exact) mass is 507 g/mol. The van der Waals surface area contributed by atoms with Crippen LogP contribution in [-0.2, 0) is 14.6 Å². The minimum absolute atomic E-state index is 0.0802. The van der Waals surface area contributed by atoms with Gasteiger partial charge in [0.05, 0.1) is 21.2 Å². The quantitative estimate of drug-likeness (QED) is 0.196. The number of carbonyl (C=O) groups excluding carboxylic acids is 1. The number of para-hydroxylation sites is 2. The second kappa shape index (κ2) is 10.0. The summed E-state index contributed by atoms with van der Waals surface area (Å²) in [5, 5.41) is 15.3. The Kier molecular flexibility index (Phi) is 6.84. The van der Waals surface area contributed by atoms with Gasteiger partial charge >= 0.3 is 5.97 Å². The highest BCUT2D eigenvalue weighted by atomic mass is 32.2. The summed E-state index contributed by atoms with van der Waals surface area (Å²) in [6, 6.07) is 21.6. The van der Waals surface area contributed by atoms with Gasteiger partial charge in [-0.2, -0.15) is 9.78 Å². The molecule has 0 aliphatic carbocycles. The third-order valence-corrected chi connectivity index (χ3v) is 7.08. The number of ether oxygens (including phenoxy) is 2. The molecule has 4 aromatic rings. The van der Waals surface area contributed by atoms with Crippen LogP contribution in [-0.4, -0.2) is 35.2 Å². The average molecular weight is 508 g/mol. The number of hydrogen-bond acceptors (Lipinski definition) is 8. The summed E-state index contributed by atoms with van der Waals surface area (Å²) >= 11 is 0. The van der Waals surface area contributed by atoms with E-state index >= 15 is 0 Å². The maximum atomic E-state index is 13.6. The Bertz CT molecular complexity index is 1500. The Balaban J connectivity index is 1.77. The summed E-state index contributed by atoms with van der Waals surface area (Å²) in [5.74, 6) is -0.713. The molecule has 10 nitrogen and oxygen atoms in total. The van der Waals surface area contributed by atoms with Gasteiger partial charge < -0.3 is 9.47 Å². The normalized spacial score (nSPS) is 12.1. The molecule has 0 amide bonds. The number of rotatable bonds is 8. The summed E-state index contributed by atoms with van der Waals surface area (Å²) in [5.41, 5.74) is 0.283. The van der Waals surface area contributed by atoms with Gasteiger partial charge in [0.1, 0.15) is 5.75 Å². The molecule has 1 atom stereocenters. The lowest BCUT2D eigenvalue weighted by atomic mass is 10.3. The van der Waals surface area contributed by atoms with Crippen molar-refractivity contribution in [2.45, 2.75) is 29.7 Å². The number of nitro groups is 1. The molecule has 0 bridgehead atoms. The number of aryl methyl sites for hydroxylation is 1. The number of nitrogens with zero attached hydrogens (tertiary/aromatic N) is 3. The molecule has 0 saturated heterocycles. The first-order valence-electron chi connectivity index (χ1n) is 10.8. The smallest absolute Gasteiger partial charge is 0.353 e. The van der Waals surface area contributed by atoms with E-state index in [4.69, 9.17) is 9.47 Å². The highest BCUT2D eigenvalue weighted by molar-refractivity contribution is 7.91. The van der Waals surface area contributed by atoms with Crippen LogP contribution in [0.4, 0.5) is 5.69 Å². The fourth-order valence-corrected chi connectivity index (χ4v) is 4.95. The molecular formula is C25H21N3O7S. The molecular weight excluding hydrogens is 486 g/mol. The standard InChI is InChI=1S/C25H21N3O7S/c1-17-23(36(32,33)22-15-13-20(14-16-22)28(30)31)24(27(26-17)19-9-5-3-6-10-19)35-25(29)18(2)34-21-11-7-4-8-12-21/h3-16,18H,1-2H3/t18-/m1/s1. The van der Waals surface area contributed by atoms with Crippen molar-refractivity contribution in [1.29, 1.82) is 0 Å². The number of esters is 1. The Labute approximate surface area is 206 Å². The van der Waals surface area contributed by atoms with Gasteiger partial charge in [-0.25, -0.2) is 13.2 Å². The molecule has 0 N–H and O–H groups in total. The average Bonchev–Trinajstić information content (AvgIpc) is 3.21. The number of carbonyl (C=O) groups is 1. The van der Waals surface area contributed by atoms with Crippen LogP contribution in [0.3, 0.4) is 0 Å². The fourth-order valence-electron chi connectivity index (χ4n) is 3.43. The first-order chi connectivity index (χ1) is 17.2. The van der Waals surface area contributed by atoms with Crippen LogP contribution in [0.15, 0.2) is 94.7 Å². The zero-order valence-electron chi connectivity index (χ0n) is 19.3. The van der Waals surface area contributed by atoms with Gasteiger partial charge in [0, 0.05) is 12.1 Å². The Morgan fingerprint density at radius 3 is 2.14 bits per heavy atom. The van der Waals surface area contributed by atoms with E-state index in [1.54, 1.807) is 60.7 Å². The molecule has 0 aliphatic heterocycles. The summed E-state index contributed by atoms with van der Waals surface area (Å²) in [4.78, 5) is 22.8. The Morgan fingerprint density at radius 2 is 1.56 bits per heavy atom. The molecule has 184 valence electrons. The molecule has 3 aromatic carbocycles. The molecule has 36 heavy (non-hydrogen) atoms. The van der Waals surface area contributed by atoms with Gasteiger partial charge in [-0.05, 0) is 50.2 Å². The number of hydrogen-bond donors (Lipinski definition) is 0. The Morgan fingerprint density at radius 1 is 0.972 bits per heavy atom. The zero-order chi connectivity index (χ0) is 25.9. The number of nitro benzene ring substituents is 1. The second-order valence-corrected chi connectivity index (χ2v) is 9.60. The van der Waals surface area contributed by atoms with Gasteiger partial charge in [-0.15, -0.1) is 0 Å². The highest BCUT2D eigenvalue weighted by Gasteiger charge is 2.33. The van der Waals surface area contributed by atoms with Crippen molar-refractivity contribution in [3.8, 4) is 17.3 Å². The summed E-state index contributed by atoms with van der Waals surface area (Å²) in [6.07, 6.45) is -1.07. The Hall–Kier alpha value is -4.51. The van der Waals surface area contributed by atoms with Crippen LogP contribution < -0.4 is 9.47 Å². The molecule has 1 heterocycles. The lowest BCUT2D eigenvalue weighted by molar-refractivity contribution is -0.384. The SMILES string of the molecule is Cc1nn(-c2ccccc2)c(OC(=O)[C@@H](C)Oc2ccccc2)c1S(=O)(=O)c1ccc([N+](=O)[O-])cc1. The minimum Gasteiger partial charge on any atom is -0.479 e. The van der Waals surface area contributed by atoms with E-state index in [9.17, 15) is 23.3 Å². The number of non-ortho nitro benzene ring substituents is 1. The summed E-state index contributed by atoms with van der Waals surface area (Å²) < 4.78 is 39.7. The molecule has 0 unspecified atom stereocenters. The maximum absolute atomic E-state index is 13.6. The van der Waals surface area contributed by atoms with E-state index in [0.29, 0.717) is 11.4 Å². The molecule has 11 heteroatoms. The first-order valence-corrected chi connectivity index (χ1v) is 12.2. The van der Waals surface area contributed by atoms with Crippen LogP contribution in [0.25, 0.3) is 5.69 Å². The molecule has 0 fully saturated rings.